The summed E-state index contributed by atoms with van der Waals surface area (Å²) < 4.78 is 3.52. The molecular formula is C4H10OS4. The zero-order chi connectivity index (χ0) is 7.71. The Morgan fingerprint density at radius 1 is 0.889 bits per heavy atom. The summed E-state index contributed by atoms with van der Waals surface area (Å²) in [6, 6.07) is 0. The molecule has 0 fully saturated rings. The van der Waals surface area contributed by atoms with Gasteiger partial charge in [0, 0.05) is 0 Å². The zero-order valence-electron chi connectivity index (χ0n) is 5.20. The van der Waals surface area contributed by atoms with E-state index < -0.39 is 8.53 Å². The third-order valence-corrected chi connectivity index (χ3v) is 0.752. The molecule has 0 aliphatic heterocycles. The number of hydrogen-bond donors (Lipinski definition) is 4. The first-order valence-corrected chi connectivity index (χ1v) is 4.09. The van der Waals surface area contributed by atoms with Crippen LogP contribution in [0.25, 0.3) is 0 Å². The first-order chi connectivity index (χ1) is 3.71. The van der Waals surface area contributed by atoms with Crippen molar-refractivity contribution in [2.75, 3.05) is 0 Å². The minimum atomic E-state index is -0.780. The fraction of sp³-hybridized carbons (Fsp3) is 1.00. The molecule has 0 aromatic rings. The predicted octanol–water partition coefficient (Wildman–Crippen LogP) is 2.07. The van der Waals surface area contributed by atoms with Gasteiger partial charge in [-0.15, -0.1) is 50.5 Å². The van der Waals surface area contributed by atoms with Crippen LogP contribution in [-0.2, 0) is 4.74 Å². The van der Waals surface area contributed by atoms with Gasteiger partial charge >= 0.3 is 0 Å². The van der Waals surface area contributed by atoms with Crippen molar-refractivity contribution in [3.8, 4) is 0 Å². The molecule has 5 heteroatoms. The van der Waals surface area contributed by atoms with Gasteiger partial charge in [0.15, 0.2) is 8.53 Å². The van der Waals surface area contributed by atoms with Crippen LogP contribution >= 0.6 is 50.5 Å². The molecule has 9 heavy (non-hydrogen) atoms. The highest BCUT2D eigenvalue weighted by atomic mass is 32.2. The van der Waals surface area contributed by atoms with Gasteiger partial charge in [0.05, 0.1) is 0 Å². The Balaban J connectivity index is 3.75. The van der Waals surface area contributed by atoms with Crippen LogP contribution in [0, 0.1) is 0 Å². The summed E-state index contributed by atoms with van der Waals surface area (Å²) in [5, 5.41) is 0. The van der Waals surface area contributed by atoms with Gasteiger partial charge in [-0.05, 0) is 13.8 Å². The standard InChI is InChI=1S/C4H10OS4/c1-3(6,7)5-4(2,8)9/h6-9H,1-2H3. The van der Waals surface area contributed by atoms with Crippen LogP contribution < -0.4 is 0 Å². The van der Waals surface area contributed by atoms with E-state index in [4.69, 9.17) is 4.74 Å². The molecule has 56 valence electrons. The van der Waals surface area contributed by atoms with Crippen molar-refractivity contribution in [2.45, 2.75) is 22.4 Å². The predicted molar refractivity (Wildman–Crippen MR) is 53.8 cm³/mol. The highest BCUT2D eigenvalue weighted by Gasteiger charge is 2.23. The van der Waals surface area contributed by atoms with Gasteiger partial charge in [-0.3, -0.25) is 0 Å². The fourth-order valence-electron chi connectivity index (χ4n) is 0.366. The van der Waals surface area contributed by atoms with E-state index in [0.29, 0.717) is 0 Å². The summed E-state index contributed by atoms with van der Waals surface area (Å²) in [7, 11) is 0. The minimum Gasteiger partial charge on any atom is -0.330 e. The van der Waals surface area contributed by atoms with Crippen molar-refractivity contribution in [1.29, 1.82) is 0 Å². The van der Waals surface area contributed by atoms with E-state index in [2.05, 4.69) is 50.5 Å². The molecule has 0 spiro atoms. The van der Waals surface area contributed by atoms with E-state index in [0.717, 1.165) is 0 Å². The van der Waals surface area contributed by atoms with Crippen molar-refractivity contribution in [2.24, 2.45) is 0 Å². The normalized spacial score (nSPS) is 14.0. The second-order valence-electron chi connectivity index (χ2n) is 1.97. The van der Waals surface area contributed by atoms with Crippen molar-refractivity contribution in [3.63, 3.8) is 0 Å². The second kappa shape index (κ2) is 3.17. The molecule has 1 nitrogen and oxygen atoms in total. The molecule has 0 rings (SSSR count). The van der Waals surface area contributed by atoms with E-state index in [-0.39, 0.29) is 0 Å². The third-order valence-electron chi connectivity index (χ3n) is 0.387. The fourth-order valence-corrected chi connectivity index (χ4v) is 1.38. The highest BCUT2D eigenvalue weighted by molar-refractivity contribution is 8.01. The van der Waals surface area contributed by atoms with Crippen LogP contribution in [0.4, 0.5) is 0 Å². The average Bonchev–Trinajstić information content (AvgIpc) is 1.14. The quantitative estimate of drug-likeness (QED) is 0.396. The van der Waals surface area contributed by atoms with Crippen molar-refractivity contribution >= 4 is 50.5 Å². The van der Waals surface area contributed by atoms with Crippen LogP contribution in [0.2, 0.25) is 0 Å². The molecule has 0 radical (unpaired) electrons. The molecule has 0 unspecified atom stereocenters. The third kappa shape index (κ3) is 9.36. The minimum absolute atomic E-state index is 0.780. The number of hydrogen-bond acceptors (Lipinski definition) is 5. The topological polar surface area (TPSA) is 9.23 Å². The molecule has 0 saturated heterocycles. The first-order valence-electron chi connectivity index (χ1n) is 2.30. The maximum atomic E-state index is 5.08. The Morgan fingerprint density at radius 3 is 1.11 bits per heavy atom. The Hall–Kier alpha value is 1.36. The van der Waals surface area contributed by atoms with Crippen LogP contribution in [-0.4, -0.2) is 8.53 Å². The van der Waals surface area contributed by atoms with E-state index in [1.54, 1.807) is 13.8 Å². The summed E-state index contributed by atoms with van der Waals surface area (Å²) in [6.45, 7) is 3.40. The van der Waals surface area contributed by atoms with Crippen LogP contribution in [0.15, 0.2) is 0 Å². The van der Waals surface area contributed by atoms with Crippen molar-refractivity contribution in [1.82, 2.24) is 0 Å². The molecule has 0 atom stereocenters. The van der Waals surface area contributed by atoms with Crippen LogP contribution in [0.5, 0.6) is 0 Å². The van der Waals surface area contributed by atoms with Gasteiger partial charge in [-0.2, -0.15) is 0 Å². The van der Waals surface area contributed by atoms with Crippen molar-refractivity contribution < 1.29 is 4.74 Å². The molecular weight excluding hydrogens is 192 g/mol. The largest absolute Gasteiger partial charge is 0.330 e. The molecule has 0 aromatic heterocycles. The zero-order valence-corrected chi connectivity index (χ0v) is 8.77. The lowest BCUT2D eigenvalue weighted by Crippen LogP contribution is -2.24. The van der Waals surface area contributed by atoms with E-state index in [9.17, 15) is 0 Å². The monoisotopic (exact) mass is 202 g/mol. The highest BCUT2D eigenvalue weighted by Crippen LogP contribution is 2.31. The number of thiol groups is 4. The molecule has 0 bridgehead atoms. The number of rotatable bonds is 2. The molecule has 0 amide bonds. The van der Waals surface area contributed by atoms with Crippen LogP contribution in [0.3, 0.4) is 0 Å². The number of ether oxygens (including phenoxy) is 1. The maximum absolute atomic E-state index is 5.08. The molecule has 0 aliphatic carbocycles. The van der Waals surface area contributed by atoms with Gasteiger partial charge in [0.25, 0.3) is 0 Å². The first kappa shape index (κ1) is 10.4. The molecule has 0 N–H and O–H groups in total. The van der Waals surface area contributed by atoms with Gasteiger partial charge in [0.1, 0.15) is 0 Å². The smallest absolute Gasteiger partial charge is 0.154 e. The van der Waals surface area contributed by atoms with E-state index in [1.165, 1.54) is 0 Å². The lowest BCUT2D eigenvalue weighted by Gasteiger charge is -2.26. The Morgan fingerprint density at radius 2 is 1.11 bits per heavy atom. The summed E-state index contributed by atoms with van der Waals surface area (Å²) in [5.74, 6) is 0. The van der Waals surface area contributed by atoms with Gasteiger partial charge < -0.3 is 4.74 Å². The lowest BCUT2D eigenvalue weighted by molar-refractivity contribution is 0.0753. The molecule has 0 heterocycles. The Kier molecular flexibility index (Phi) is 3.65. The SMILES string of the molecule is CC(S)(S)OC(C)(S)S. The molecule has 0 aliphatic rings. The summed E-state index contributed by atoms with van der Waals surface area (Å²) in [5.41, 5.74) is 0. The summed E-state index contributed by atoms with van der Waals surface area (Å²) in [6.07, 6.45) is 0. The van der Waals surface area contributed by atoms with E-state index in [1.807, 2.05) is 0 Å². The van der Waals surface area contributed by atoms with Gasteiger partial charge in [-0.1, -0.05) is 0 Å². The molecule has 0 saturated carbocycles. The Bertz CT molecular complexity index is 77.7. The maximum Gasteiger partial charge on any atom is 0.154 e. The van der Waals surface area contributed by atoms with E-state index >= 15 is 0 Å². The lowest BCUT2D eigenvalue weighted by atomic mass is 10.7. The van der Waals surface area contributed by atoms with Crippen molar-refractivity contribution in [3.05, 3.63) is 0 Å². The molecule has 0 aromatic carbocycles. The second-order valence-corrected chi connectivity index (χ2v) is 6.09. The summed E-state index contributed by atoms with van der Waals surface area (Å²) in [4.78, 5) is 0. The van der Waals surface area contributed by atoms with Crippen LogP contribution in [0.1, 0.15) is 13.8 Å². The van der Waals surface area contributed by atoms with Gasteiger partial charge in [0.2, 0.25) is 0 Å². The summed E-state index contributed by atoms with van der Waals surface area (Å²) >= 11 is 16.0. The van der Waals surface area contributed by atoms with Gasteiger partial charge in [-0.25, -0.2) is 0 Å². The average molecular weight is 202 g/mol. The Labute approximate surface area is 77.6 Å².